The quantitative estimate of drug-likeness (QED) is 0.407. The molecule has 1 aromatic carbocycles. The highest BCUT2D eigenvalue weighted by Crippen LogP contribution is 2.36. The van der Waals surface area contributed by atoms with Crippen LogP contribution in [-0.2, 0) is 0 Å². The summed E-state index contributed by atoms with van der Waals surface area (Å²) < 4.78 is 11.0. The van der Waals surface area contributed by atoms with Crippen molar-refractivity contribution in [1.29, 1.82) is 0 Å². The van der Waals surface area contributed by atoms with E-state index in [0.717, 1.165) is 6.33 Å². The molecule has 152 valence electrons. The molecule has 0 aliphatic carbocycles. The molecular weight excluding hydrogens is 394 g/mol. The molecule has 0 unspecified atom stereocenters. The molecule has 4 rings (SSSR count). The number of ether oxygens (including phenoxy) is 2. The van der Waals surface area contributed by atoms with Crippen LogP contribution in [-0.4, -0.2) is 39.0 Å². The average molecular weight is 409 g/mol. The van der Waals surface area contributed by atoms with E-state index in [1.54, 1.807) is 30.3 Å². The summed E-state index contributed by atoms with van der Waals surface area (Å²) in [5.41, 5.74) is 4.97. The van der Waals surface area contributed by atoms with Gasteiger partial charge in [-0.15, -0.1) is 0 Å². The number of carbonyl (C=O) groups is 1. The monoisotopic (exact) mass is 409 g/mol. The largest absolute Gasteiger partial charge is 0.486 e. The molecule has 3 heterocycles. The van der Waals surface area contributed by atoms with Crippen molar-refractivity contribution in [2.45, 2.75) is 0 Å². The lowest BCUT2D eigenvalue weighted by molar-refractivity contribution is -0.383. The van der Waals surface area contributed by atoms with Crippen molar-refractivity contribution in [1.82, 2.24) is 20.4 Å². The van der Waals surface area contributed by atoms with Gasteiger partial charge in [0.1, 0.15) is 25.2 Å². The van der Waals surface area contributed by atoms with Crippen LogP contribution in [0.2, 0.25) is 0 Å². The molecule has 2 aromatic heterocycles. The lowest BCUT2D eigenvalue weighted by atomic mass is 10.2. The molecular formula is C18H15N7O5. The van der Waals surface area contributed by atoms with Crippen LogP contribution in [0.3, 0.4) is 0 Å². The van der Waals surface area contributed by atoms with Crippen LogP contribution in [0, 0.1) is 10.1 Å². The van der Waals surface area contributed by atoms with E-state index in [9.17, 15) is 14.9 Å². The Hall–Kier alpha value is -4.48. The molecule has 30 heavy (non-hydrogen) atoms. The van der Waals surface area contributed by atoms with Gasteiger partial charge in [0.25, 0.3) is 5.91 Å². The molecule has 3 aromatic rings. The minimum absolute atomic E-state index is 0.0683. The number of nitrogens with zero attached hydrogens (tertiary/aromatic N) is 4. The topological polar surface area (TPSA) is 153 Å². The van der Waals surface area contributed by atoms with Gasteiger partial charge in [-0.25, -0.2) is 9.97 Å². The number of hydrogen-bond donors (Lipinski definition) is 3. The first-order chi connectivity index (χ1) is 14.6. The Morgan fingerprint density at radius 2 is 1.83 bits per heavy atom. The predicted octanol–water partition coefficient (Wildman–Crippen LogP) is 2.05. The van der Waals surface area contributed by atoms with Gasteiger partial charge >= 0.3 is 5.69 Å². The lowest BCUT2D eigenvalue weighted by Crippen LogP contribution is -2.31. The third-order valence-corrected chi connectivity index (χ3v) is 4.00. The summed E-state index contributed by atoms with van der Waals surface area (Å²) in [5.74, 6) is 0.262. The Balaban J connectivity index is 1.55. The molecule has 0 bridgehead atoms. The van der Waals surface area contributed by atoms with Crippen molar-refractivity contribution >= 4 is 28.9 Å². The number of benzene rings is 1. The molecule has 1 amide bonds. The highest BCUT2D eigenvalue weighted by Gasteiger charge is 2.24. The van der Waals surface area contributed by atoms with Crippen LogP contribution in [0.25, 0.3) is 0 Å². The van der Waals surface area contributed by atoms with Gasteiger partial charge in [-0.05, 0) is 24.3 Å². The van der Waals surface area contributed by atoms with E-state index in [2.05, 4.69) is 31.1 Å². The third-order valence-electron chi connectivity index (χ3n) is 4.00. The molecule has 0 spiro atoms. The number of hydrazine groups is 1. The summed E-state index contributed by atoms with van der Waals surface area (Å²) in [6.07, 6.45) is 2.58. The maximum atomic E-state index is 12.1. The fourth-order valence-electron chi connectivity index (χ4n) is 2.67. The number of fused-ring (bicyclic) bond motifs is 1. The molecule has 0 radical (unpaired) electrons. The Bertz CT molecular complexity index is 1090. The number of nitrogens with one attached hydrogen (secondary N) is 3. The Labute approximate surface area is 169 Å². The van der Waals surface area contributed by atoms with Crippen molar-refractivity contribution in [2.24, 2.45) is 0 Å². The highest BCUT2D eigenvalue weighted by molar-refractivity contribution is 5.93. The number of hydrogen-bond acceptors (Lipinski definition) is 10. The molecule has 3 N–H and O–H groups in total. The zero-order valence-corrected chi connectivity index (χ0v) is 15.4. The summed E-state index contributed by atoms with van der Waals surface area (Å²) in [5, 5.41) is 14.5. The van der Waals surface area contributed by atoms with Gasteiger partial charge < -0.3 is 14.8 Å². The minimum Gasteiger partial charge on any atom is -0.486 e. The Morgan fingerprint density at radius 3 is 2.60 bits per heavy atom. The second kappa shape index (κ2) is 8.26. The number of aromatic nitrogens is 3. The zero-order valence-electron chi connectivity index (χ0n) is 15.4. The van der Waals surface area contributed by atoms with Crippen LogP contribution in [0.15, 0.2) is 48.9 Å². The van der Waals surface area contributed by atoms with Gasteiger partial charge in [-0.2, -0.15) is 0 Å². The Morgan fingerprint density at radius 1 is 1.03 bits per heavy atom. The molecule has 0 saturated carbocycles. The van der Waals surface area contributed by atoms with Gasteiger partial charge in [-0.3, -0.25) is 30.7 Å². The van der Waals surface area contributed by atoms with Crippen LogP contribution in [0.1, 0.15) is 10.5 Å². The van der Waals surface area contributed by atoms with Crippen LogP contribution in [0.5, 0.6) is 11.5 Å². The molecule has 0 fully saturated rings. The molecule has 0 saturated heterocycles. The van der Waals surface area contributed by atoms with E-state index in [-0.39, 0.29) is 17.3 Å². The highest BCUT2D eigenvalue weighted by atomic mass is 16.6. The van der Waals surface area contributed by atoms with Crippen molar-refractivity contribution in [3.8, 4) is 11.5 Å². The second-order valence-corrected chi connectivity index (χ2v) is 5.95. The maximum Gasteiger partial charge on any atom is 0.355 e. The van der Waals surface area contributed by atoms with Crippen LogP contribution < -0.4 is 25.6 Å². The molecule has 0 atom stereocenters. The number of pyridine rings is 1. The van der Waals surface area contributed by atoms with Crippen molar-refractivity contribution in [3.05, 3.63) is 64.7 Å². The molecule has 1 aliphatic rings. The summed E-state index contributed by atoms with van der Waals surface area (Å²) in [6.45, 7) is 0.866. The van der Waals surface area contributed by atoms with Crippen molar-refractivity contribution < 1.29 is 19.2 Å². The SMILES string of the molecule is O=C(NNc1ncnc(Nc2ccc3c(c2)OCCO3)c1[N+](=O)[O-])c1ccccn1. The number of rotatable bonds is 6. The van der Waals surface area contributed by atoms with Crippen LogP contribution in [0.4, 0.5) is 23.0 Å². The normalized spacial score (nSPS) is 12.0. The van der Waals surface area contributed by atoms with E-state index < -0.39 is 16.5 Å². The molecule has 1 aliphatic heterocycles. The fraction of sp³-hybridized carbons (Fsp3) is 0.111. The van der Waals surface area contributed by atoms with E-state index in [1.165, 1.54) is 12.3 Å². The van der Waals surface area contributed by atoms with Crippen LogP contribution >= 0.6 is 0 Å². The summed E-state index contributed by atoms with van der Waals surface area (Å²) in [4.78, 5) is 34.8. The molecule has 12 heteroatoms. The third kappa shape index (κ3) is 4.01. The van der Waals surface area contributed by atoms with E-state index in [0.29, 0.717) is 30.4 Å². The summed E-state index contributed by atoms with van der Waals surface area (Å²) in [7, 11) is 0. The number of anilines is 3. The lowest BCUT2D eigenvalue weighted by Gasteiger charge is -2.19. The minimum atomic E-state index is -0.657. The van der Waals surface area contributed by atoms with E-state index >= 15 is 0 Å². The van der Waals surface area contributed by atoms with Gasteiger partial charge in [0.05, 0.1) is 4.92 Å². The average Bonchev–Trinajstić information content (AvgIpc) is 2.78. The zero-order chi connectivity index (χ0) is 20.9. The smallest absolute Gasteiger partial charge is 0.355 e. The maximum absolute atomic E-state index is 12.1. The van der Waals surface area contributed by atoms with E-state index in [4.69, 9.17) is 9.47 Å². The first kappa shape index (κ1) is 18.9. The predicted molar refractivity (Wildman–Crippen MR) is 105 cm³/mol. The van der Waals surface area contributed by atoms with Gasteiger partial charge in [0, 0.05) is 18.0 Å². The van der Waals surface area contributed by atoms with Crippen molar-refractivity contribution in [2.75, 3.05) is 24.0 Å². The van der Waals surface area contributed by atoms with Gasteiger partial charge in [0.15, 0.2) is 11.5 Å². The number of nitro groups is 1. The standard InChI is InChI=1S/C18H15N7O5/c26-18(12-3-1-2-6-19-12)24-23-17-15(25(27)28)16(20-10-21-17)22-11-4-5-13-14(9-11)30-8-7-29-13/h1-6,9-10H,7-8H2,(H,24,26)(H2,20,21,22,23). The molecule has 12 nitrogen and oxygen atoms in total. The summed E-state index contributed by atoms with van der Waals surface area (Å²) >= 11 is 0. The van der Waals surface area contributed by atoms with E-state index in [1.807, 2.05) is 0 Å². The van der Waals surface area contributed by atoms with Gasteiger partial charge in [0.2, 0.25) is 11.6 Å². The summed E-state index contributed by atoms with van der Waals surface area (Å²) in [6, 6.07) is 9.82. The first-order valence-electron chi connectivity index (χ1n) is 8.75. The Kier molecular flexibility index (Phi) is 5.19. The number of carbonyl (C=O) groups excluding carboxylic acids is 1. The van der Waals surface area contributed by atoms with Gasteiger partial charge in [-0.1, -0.05) is 6.07 Å². The number of amides is 1. The second-order valence-electron chi connectivity index (χ2n) is 5.95. The first-order valence-corrected chi connectivity index (χ1v) is 8.75. The van der Waals surface area contributed by atoms with Crippen molar-refractivity contribution in [3.63, 3.8) is 0 Å². The fourth-order valence-corrected chi connectivity index (χ4v) is 2.67.